The fraction of sp³-hybridized carbons (Fsp3) is 0.375. The van der Waals surface area contributed by atoms with Crippen LogP contribution in [0.25, 0.3) is 16.6 Å². The summed E-state index contributed by atoms with van der Waals surface area (Å²) in [6.07, 6.45) is 3.39. The van der Waals surface area contributed by atoms with Gasteiger partial charge >= 0.3 is 0 Å². The molecule has 1 fully saturated rings. The predicted molar refractivity (Wildman–Crippen MR) is 122 cm³/mol. The number of hydrogen-bond acceptors (Lipinski definition) is 4. The van der Waals surface area contributed by atoms with Gasteiger partial charge in [-0.05, 0) is 55.9 Å². The quantitative estimate of drug-likeness (QED) is 0.399. The van der Waals surface area contributed by atoms with Crippen molar-refractivity contribution in [3.05, 3.63) is 64.4 Å². The van der Waals surface area contributed by atoms with Crippen LogP contribution in [0, 0.1) is 12.8 Å². The number of aromatic nitrogens is 2. The zero-order chi connectivity index (χ0) is 21.1. The van der Waals surface area contributed by atoms with Crippen LogP contribution in [0.5, 0.6) is 0 Å². The molecule has 1 saturated carbocycles. The first-order chi connectivity index (χ1) is 14.6. The van der Waals surface area contributed by atoms with Gasteiger partial charge in [-0.1, -0.05) is 49.0 Å². The largest absolute Gasteiger partial charge is 0.342 e. The summed E-state index contributed by atoms with van der Waals surface area (Å²) in [7, 11) is 0. The van der Waals surface area contributed by atoms with Crippen molar-refractivity contribution in [2.45, 2.75) is 38.3 Å². The highest BCUT2D eigenvalue weighted by Gasteiger charge is 2.26. The molecule has 1 aromatic heterocycles. The number of rotatable bonds is 8. The Hall–Kier alpha value is -2.60. The fourth-order valence-corrected chi connectivity index (χ4v) is 4.56. The third-order valence-corrected chi connectivity index (χ3v) is 6.37. The maximum absolute atomic E-state index is 13.4. The number of amides is 1. The number of aryl methyl sites for hydroxylation is 1. The van der Waals surface area contributed by atoms with E-state index in [0.717, 1.165) is 30.8 Å². The molecule has 0 spiro atoms. The second kappa shape index (κ2) is 9.04. The number of carbonyl (C=O) groups is 1. The summed E-state index contributed by atoms with van der Waals surface area (Å²) >= 11 is 1.35. The Balaban J connectivity index is 1.69. The van der Waals surface area contributed by atoms with Gasteiger partial charge in [-0.15, -0.1) is 0 Å². The van der Waals surface area contributed by atoms with Crippen molar-refractivity contribution >= 4 is 28.6 Å². The molecule has 0 radical (unpaired) electrons. The Morgan fingerprint density at radius 1 is 1.17 bits per heavy atom. The molecular formula is C24H27N3O2S. The highest BCUT2D eigenvalue weighted by molar-refractivity contribution is 7.99. The van der Waals surface area contributed by atoms with Crippen molar-refractivity contribution in [1.29, 1.82) is 0 Å². The maximum Gasteiger partial charge on any atom is 0.266 e. The van der Waals surface area contributed by atoms with Gasteiger partial charge in [0.15, 0.2) is 5.16 Å². The Morgan fingerprint density at radius 3 is 2.63 bits per heavy atom. The van der Waals surface area contributed by atoms with Gasteiger partial charge in [0, 0.05) is 13.1 Å². The lowest BCUT2D eigenvalue weighted by Crippen LogP contribution is -2.35. The summed E-state index contributed by atoms with van der Waals surface area (Å²) < 4.78 is 1.65. The van der Waals surface area contributed by atoms with E-state index in [2.05, 4.69) is 6.92 Å². The molecular weight excluding hydrogens is 394 g/mol. The van der Waals surface area contributed by atoms with Crippen LogP contribution in [0.2, 0.25) is 0 Å². The second-order valence-corrected chi connectivity index (χ2v) is 8.85. The summed E-state index contributed by atoms with van der Waals surface area (Å²) in [5.41, 5.74) is 2.35. The molecule has 6 heteroatoms. The SMILES string of the molecule is CCCN(CC1CC1)C(=O)CSc1nc2ccccc2c(=O)n1-c1ccccc1C. The molecule has 156 valence electrons. The predicted octanol–water partition coefficient (Wildman–Crippen LogP) is 4.43. The van der Waals surface area contributed by atoms with Crippen molar-refractivity contribution in [2.75, 3.05) is 18.8 Å². The van der Waals surface area contributed by atoms with Gasteiger partial charge in [-0.2, -0.15) is 0 Å². The summed E-state index contributed by atoms with van der Waals surface area (Å²) in [6, 6.07) is 15.2. The van der Waals surface area contributed by atoms with E-state index in [0.29, 0.717) is 22.0 Å². The zero-order valence-corrected chi connectivity index (χ0v) is 18.3. The van der Waals surface area contributed by atoms with Crippen molar-refractivity contribution in [3.63, 3.8) is 0 Å². The van der Waals surface area contributed by atoms with Gasteiger partial charge < -0.3 is 4.90 Å². The van der Waals surface area contributed by atoms with E-state index in [4.69, 9.17) is 4.98 Å². The van der Waals surface area contributed by atoms with Crippen LogP contribution in [0.3, 0.4) is 0 Å². The van der Waals surface area contributed by atoms with Gasteiger partial charge in [0.1, 0.15) is 0 Å². The van der Waals surface area contributed by atoms with Crippen LogP contribution in [0.4, 0.5) is 0 Å². The smallest absolute Gasteiger partial charge is 0.266 e. The van der Waals surface area contributed by atoms with E-state index in [1.165, 1.54) is 24.6 Å². The monoisotopic (exact) mass is 421 g/mol. The number of para-hydroxylation sites is 2. The lowest BCUT2D eigenvalue weighted by atomic mass is 10.2. The molecule has 1 aliphatic carbocycles. The molecule has 0 unspecified atom stereocenters. The zero-order valence-electron chi connectivity index (χ0n) is 17.5. The molecule has 1 heterocycles. The van der Waals surface area contributed by atoms with Crippen LogP contribution < -0.4 is 5.56 Å². The van der Waals surface area contributed by atoms with Gasteiger partial charge in [0.05, 0.1) is 22.3 Å². The van der Waals surface area contributed by atoms with Crippen LogP contribution in [0.1, 0.15) is 31.7 Å². The van der Waals surface area contributed by atoms with Crippen molar-refractivity contribution in [2.24, 2.45) is 5.92 Å². The summed E-state index contributed by atoms with van der Waals surface area (Å²) in [5, 5.41) is 1.14. The average molecular weight is 422 g/mol. The minimum Gasteiger partial charge on any atom is -0.342 e. The van der Waals surface area contributed by atoms with Gasteiger partial charge in [0.2, 0.25) is 5.91 Å². The van der Waals surface area contributed by atoms with E-state index in [1.54, 1.807) is 10.6 Å². The second-order valence-electron chi connectivity index (χ2n) is 7.91. The number of benzene rings is 2. The van der Waals surface area contributed by atoms with E-state index in [-0.39, 0.29) is 17.2 Å². The fourth-order valence-electron chi connectivity index (χ4n) is 3.65. The van der Waals surface area contributed by atoms with Crippen molar-refractivity contribution in [1.82, 2.24) is 14.5 Å². The lowest BCUT2D eigenvalue weighted by molar-refractivity contribution is -0.128. The third-order valence-electron chi connectivity index (χ3n) is 5.45. The highest BCUT2D eigenvalue weighted by atomic mass is 32.2. The number of thioether (sulfide) groups is 1. The topological polar surface area (TPSA) is 55.2 Å². The maximum atomic E-state index is 13.4. The minimum atomic E-state index is -0.103. The molecule has 0 N–H and O–H groups in total. The molecule has 3 aromatic rings. The molecule has 4 rings (SSSR count). The van der Waals surface area contributed by atoms with E-state index < -0.39 is 0 Å². The number of nitrogens with zero attached hydrogens (tertiary/aromatic N) is 3. The van der Waals surface area contributed by atoms with E-state index in [9.17, 15) is 9.59 Å². The normalized spacial score (nSPS) is 13.5. The first-order valence-electron chi connectivity index (χ1n) is 10.6. The lowest BCUT2D eigenvalue weighted by Gasteiger charge is -2.22. The molecule has 5 nitrogen and oxygen atoms in total. The molecule has 30 heavy (non-hydrogen) atoms. The van der Waals surface area contributed by atoms with Gasteiger partial charge in [-0.25, -0.2) is 4.98 Å². The van der Waals surface area contributed by atoms with Crippen LogP contribution >= 0.6 is 11.8 Å². The number of carbonyl (C=O) groups excluding carboxylic acids is 1. The minimum absolute atomic E-state index is 0.103. The van der Waals surface area contributed by atoms with Crippen LogP contribution in [-0.2, 0) is 4.79 Å². The van der Waals surface area contributed by atoms with Gasteiger partial charge in [-0.3, -0.25) is 14.2 Å². The number of fused-ring (bicyclic) bond motifs is 1. The first-order valence-corrected chi connectivity index (χ1v) is 11.6. The highest BCUT2D eigenvalue weighted by Crippen LogP contribution is 2.30. The standard InChI is InChI=1S/C24H27N3O2S/c1-3-14-26(15-18-12-13-18)22(28)16-30-24-25-20-10-6-5-9-19(20)23(29)27(24)21-11-7-4-8-17(21)2/h4-11,18H,3,12-16H2,1-2H3. The summed E-state index contributed by atoms with van der Waals surface area (Å²) in [6.45, 7) is 5.71. The molecule has 2 aromatic carbocycles. The Kier molecular flexibility index (Phi) is 6.23. The van der Waals surface area contributed by atoms with Crippen LogP contribution in [-0.4, -0.2) is 39.2 Å². The molecule has 0 aliphatic heterocycles. The Morgan fingerprint density at radius 2 is 1.90 bits per heavy atom. The number of hydrogen-bond donors (Lipinski definition) is 0. The molecule has 0 bridgehead atoms. The van der Waals surface area contributed by atoms with E-state index in [1.807, 2.05) is 54.3 Å². The molecule has 0 saturated heterocycles. The summed E-state index contributed by atoms with van der Waals surface area (Å²) in [5.74, 6) is 1.06. The van der Waals surface area contributed by atoms with Gasteiger partial charge in [0.25, 0.3) is 5.56 Å². The Bertz CT molecular complexity index is 1120. The van der Waals surface area contributed by atoms with Crippen molar-refractivity contribution in [3.8, 4) is 5.69 Å². The van der Waals surface area contributed by atoms with E-state index >= 15 is 0 Å². The average Bonchev–Trinajstić information content (AvgIpc) is 3.57. The molecule has 1 amide bonds. The Labute approximate surface area is 181 Å². The molecule has 1 aliphatic rings. The summed E-state index contributed by atoms with van der Waals surface area (Å²) in [4.78, 5) is 33.0. The van der Waals surface area contributed by atoms with Crippen molar-refractivity contribution < 1.29 is 4.79 Å². The molecule has 0 atom stereocenters. The van der Waals surface area contributed by atoms with Crippen LogP contribution in [0.15, 0.2) is 58.5 Å². The third kappa shape index (κ3) is 4.43. The first kappa shape index (κ1) is 20.7.